The quantitative estimate of drug-likeness (QED) is 0.507. The summed E-state index contributed by atoms with van der Waals surface area (Å²) in [5, 5.41) is 4.62. The molecular weight excluding hydrogens is 168 g/mol. The fourth-order valence-electron chi connectivity index (χ4n) is 1.50. The van der Waals surface area contributed by atoms with Gasteiger partial charge in [0, 0.05) is 15.5 Å². The first-order chi connectivity index (χ1) is 5.95. The van der Waals surface area contributed by atoms with Crippen molar-refractivity contribution in [3.05, 3.63) is 35.9 Å². The molecular formula is C10H6OS. The summed E-state index contributed by atoms with van der Waals surface area (Å²) in [4.78, 5) is 0. The molecule has 1 aromatic carbocycles. The maximum absolute atomic E-state index is 5.30. The average Bonchev–Trinajstić information content (AvgIpc) is 2.71. The number of benzene rings is 1. The lowest BCUT2D eigenvalue weighted by molar-refractivity contribution is 0.616. The summed E-state index contributed by atoms with van der Waals surface area (Å²) >= 11 is 1.76. The first kappa shape index (κ1) is 6.26. The third kappa shape index (κ3) is 0.676. The van der Waals surface area contributed by atoms with Gasteiger partial charge in [0.05, 0.1) is 6.26 Å². The molecule has 1 nitrogen and oxygen atoms in total. The van der Waals surface area contributed by atoms with Crippen molar-refractivity contribution in [1.29, 1.82) is 0 Å². The lowest BCUT2D eigenvalue weighted by Crippen LogP contribution is -1.63. The second kappa shape index (κ2) is 2.11. The summed E-state index contributed by atoms with van der Waals surface area (Å²) in [5.74, 6) is 0. The molecule has 0 N–H and O–H groups in total. The minimum absolute atomic E-state index is 0.973. The highest BCUT2D eigenvalue weighted by molar-refractivity contribution is 7.17. The molecule has 58 valence electrons. The van der Waals surface area contributed by atoms with Gasteiger partial charge in [-0.3, -0.25) is 0 Å². The van der Waals surface area contributed by atoms with Crippen molar-refractivity contribution in [2.75, 3.05) is 0 Å². The van der Waals surface area contributed by atoms with E-state index in [0.29, 0.717) is 0 Å². The number of fused-ring (bicyclic) bond motifs is 3. The first-order valence-electron chi connectivity index (χ1n) is 3.78. The molecule has 0 amide bonds. The fourth-order valence-corrected chi connectivity index (χ4v) is 2.30. The van der Waals surface area contributed by atoms with Crippen LogP contribution in [0.15, 0.2) is 40.3 Å². The second-order valence-corrected chi connectivity index (χ2v) is 3.68. The Bertz CT molecular complexity index is 483. The van der Waals surface area contributed by atoms with Gasteiger partial charge >= 0.3 is 0 Å². The molecule has 0 fully saturated rings. The predicted octanol–water partition coefficient (Wildman–Crippen LogP) is 3.65. The van der Waals surface area contributed by atoms with E-state index in [2.05, 4.69) is 17.5 Å². The van der Waals surface area contributed by atoms with Crippen molar-refractivity contribution >= 4 is 32.4 Å². The van der Waals surface area contributed by atoms with Crippen LogP contribution in [0.1, 0.15) is 0 Å². The zero-order valence-electron chi connectivity index (χ0n) is 6.28. The van der Waals surface area contributed by atoms with Crippen LogP contribution in [0.3, 0.4) is 0 Å². The fraction of sp³-hybridized carbons (Fsp3) is 0. The number of hydrogen-bond donors (Lipinski definition) is 0. The van der Waals surface area contributed by atoms with Gasteiger partial charge in [-0.25, -0.2) is 0 Å². The first-order valence-corrected chi connectivity index (χ1v) is 4.66. The number of thiophene rings is 1. The average molecular weight is 174 g/mol. The van der Waals surface area contributed by atoms with Crippen LogP contribution in [-0.2, 0) is 0 Å². The highest BCUT2D eigenvalue weighted by Gasteiger charge is 2.02. The van der Waals surface area contributed by atoms with E-state index in [9.17, 15) is 0 Å². The molecule has 0 saturated carbocycles. The summed E-state index contributed by atoms with van der Waals surface area (Å²) in [6.45, 7) is 0. The number of rotatable bonds is 0. The summed E-state index contributed by atoms with van der Waals surface area (Å²) < 4.78 is 6.62. The molecule has 0 radical (unpaired) electrons. The van der Waals surface area contributed by atoms with Crippen molar-refractivity contribution in [3.63, 3.8) is 0 Å². The van der Waals surface area contributed by atoms with E-state index >= 15 is 0 Å². The van der Waals surface area contributed by atoms with E-state index in [4.69, 9.17) is 4.42 Å². The summed E-state index contributed by atoms with van der Waals surface area (Å²) in [6, 6.07) is 8.28. The van der Waals surface area contributed by atoms with E-state index in [1.165, 1.54) is 15.5 Å². The Morgan fingerprint density at radius 2 is 2.00 bits per heavy atom. The molecule has 2 heterocycles. The van der Waals surface area contributed by atoms with Crippen LogP contribution in [0.2, 0.25) is 0 Å². The van der Waals surface area contributed by atoms with Crippen molar-refractivity contribution in [2.45, 2.75) is 0 Å². The van der Waals surface area contributed by atoms with E-state index in [0.717, 1.165) is 5.58 Å². The summed E-state index contributed by atoms with van der Waals surface area (Å²) in [7, 11) is 0. The third-order valence-corrected chi connectivity index (χ3v) is 2.95. The van der Waals surface area contributed by atoms with Crippen LogP contribution in [0.25, 0.3) is 21.1 Å². The van der Waals surface area contributed by atoms with Crippen molar-refractivity contribution < 1.29 is 4.42 Å². The lowest BCUT2D eigenvalue weighted by atomic mass is 10.2. The van der Waals surface area contributed by atoms with Crippen LogP contribution in [0.4, 0.5) is 0 Å². The maximum atomic E-state index is 5.30. The summed E-state index contributed by atoms with van der Waals surface area (Å²) in [5.41, 5.74) is 0.973. The Labute approximate surface area is 73.2 Å². The molecule has 2 aromatic heterocycles. The molecule has 0 aliphatic heterocycles. The minimum atomic E-state index is 0.973. The number of furan rings is 1. The second-order valence-electron chi connectivity index (χ2n) is 2.73. The van der Waals surface area contributed by atoms with E-state index in [1.54, 1.807) is 17.6 Å². The van der Waals surface area contributed by atoms with Crippen molar-refractivity contribution in [3.8, 4) is 0 Å². The van der Waals surface area contributed by atoms with Gasteiger partial charge in [0.2, 0.25) is 0 Å². The van der Waals surface area contributed by atoms with E-state index in [1.807, 2.05) is 12.1 Å². The topological polar surface area (TPSA) is 13.1 Å². The van der Waals surface area contributed by atoms with Crippen LogP contribution >= 0.6 is 11.3 Å². The highest BCUT2D eigenvalue weighted by atomic mass is 32.1. The van der Waals surface area contributed by atoms with Crippen molar-refractivity contribution in [2.24, 2.45) is 0 Å². The Balaban J connectivity index is 2.71. The van der Waals surface area contributed by atoms with Crippen LogP contribution in [0, 0.1) is 0 Å². The molecule has 0 aliphatic rings. The Morgan fingerprint density at radius 3 is 3.00 bits per heavy atom. The van der Waals surface area contributed by atoms with Crippen LogP contribution < -0.4 is 0 Å². The van der Waals surface area contributed by atoms with Gasteiger partial charge in [-0.2, -0.15) is 0 Å². The predicted molar refractivity (Wildman–Crippen MR) is 51.6 cm³/mol. The standard InChI is InChI=1S/C10H6OS/c1-2-10-8(4-6-12-10)7-3-5-11-9(1)7/h1-6H. The van der Waals surface area contributed by atoms with Crippen LogP contribution in [0.5, 0.6) is 0 Å². The molecule has 0 atom stereocenters. The van der Waals surface area contributed by atoms with Gasteiger partial charge in [-0.1, -0.05) is 0 Å². The molecule has 0 bridgehead atoms. The molecule has 0 saturated heterocycles. The molecule has 12 heavy (non-hydrogen) atoms. The normalized spacial score (nSPS) is 11.3. The Kier molecular flexibility index (Phi) is 1.10. The minimum Gasteiger partial charge on any atom is -0.464 e. The third-order valence-electron chi connectivity index (χ3n) is 2.07. The maximum Gasteiger partial charge on any atom is 0.134 e. The van der Waals surface area contributed by atoms with Gasteiger partial charge in [-0.05, 0) is 29.6 Å². The largest absolute Gasteiger partial charge is 0.464 e. The molecule has 0 spiro atoms. The van der Waals surface area contributed by atoms with Gasteiger partial charge in [0.25, 0.3) is 0 Å². The smallest absolute Gasteiger partial charge is 0.134 e. The molecule has 0 unspecified atom stereocenters. The zero-order chi connectivity index (χ0) is 7.97. The SMILES string of the molecule is c1cc2c(ccc3sccc32)o1. The lowest BCUT2D eigenvalue weighted by Gasteiger charge is -1.89. The van der Waals surface area contributed by atoms with Crippen LogP contribution in [-0.4, -0.2) is 0 Å². The Morgan fingerprint density at radius 1 is 1.00 bits per heavy atom. The Hall–Kier alpha value is -1.28. The monoisotopic (exact) mass is 174 g/mol. The van der Waals surface area contributed by atoms with Gasteiger partial charge in [-0.15, -0.1) is 11.3 Å². The van der Waals surface area contributed by atoms with E-state index in [-0.39, 0.29) is 0 Å². The highest BCUT2D eigenvalue weighted by Crippen LogP contribution is 2.29. The van der Waals surface area contributed by atoms with Gasteiger partial charge in [0.15, 0.2) is 0 Å². The van der Waals surface area contributed by atoms with Gasteiger partial charge in [0.1, 0.15) is 5.58 Å². The number of hydrogen-bond acceptors (Lipinski definition) is 2. The summed E-state index contributed by atoms with van der Waals surface area (Å²) in [6.07, 6.45) is 1.74. The molecule has 3 rings (SSSR count). The molecule has 3 aromatic rings. The molecule has 2 heteroatoms. The molecule has 0 aliphatic carbocycles. The van der Waals surface area contributed by atoms with Crippen molar-refractivity contribution in [1.82, 2.24) is 0 Å². The van der Waals surface area contributed by atoms with E-state index < -0.39 is 0 Å². The zero-order valence-corrected chi connectivity index (χ0v) is 7.10. The van der Waals surface area contributed by atoms with Gasteiger partial charge < -0.3 is 4.42 Å².